The first-order valence-electron chi connectivity index (χ1n) is 7.99. The number of hydrogen-bond acceptors (Lipinski definition) is 4. The Balaban J connectivity index is 1.65. The van der Waals surface area contributed by atoms with E-state index in [-0.39, 0.29) is 11.6 Å². The summed E-state index contributed by atoms with van der Waals surface area (Å²) in [6.45, 7) is 1.85. The van der Waals surface area contributed by atoms with Gasteiger partial charge in [0.1, 0.15) is 0 Å². The lowest BCUT2D eigenvalue weighted by Gasteiger charge is -2.05. The van der Waals surface area contributed by atoms with Crippen molar-refractivity contribution >= 4 is 34.5 Å². The van der Waals surface area contributed by atoms with Crippen LogP contribution in [0.2, 0.25) is 0 Å². The molecule has 2 N–H and O–H groups in total. The number of carboxylic acid groups (broad SMARTS) is 1. The van der Waals surface area contributed by atoms with Crippen LogP contribution in [0, 0.1) is 6.92 Å². The molecule has 25 heavy (non-hydrogen) atoms. The average molecular weight is 354 g/mol. The summed E-state index contributed by atoms with van der Waals surface area (Å²) in [4.78, 5) is 31.5. The zero-order valence-corrected chi connectivity index (χ0v) is 14.6. The summed E-state index contributed by atoms with van der Waals surface area (Å²) in [5.41, 5.74) is 2.57. The van der Waals surface area contributed by atoms with Gasteiger partial charge in [0, 0.05) is 16.9 Å². The third-order valence-corrected chi connectivity index (χ3v) is 4.99. The fourth-order valence-corrected chi connectivity index (χ4v) is 3.51. The van der Waals surface area contributed by atoms with Gasteiger partial charge in [-0.05, 0) is 48.9 Å². The number of nitrogens with zero attached hydrogens (tertiary/aromatic N) is 1. The molecule has 3 aromatic rings. The largest absolute Gasteiger partial charge is 0.475 e. The number of imidazole rings is 1. The van der Waals surface area contributed by atoms with Crippen molar-refractivity contribution in [2.45, 2.75) is 24.7 Å². The second-order valence-electron chi connectivity index (χ2n) is 5.76. The number of nitrogens with one attached hydrogen (secondary N) is 1. The van der Waals surface area contributed by atoms with Gasteiger partial charge in [0.25, 0.3) is 0 Å². The molecule has 1 heterocycles. The molecule has 0 aliphatic carbocycles. The number of rotatable bonds is 7. The number of Topliss-reactive ketones (excluding diaryl/α,β-unsaturated/α-hetero) is 1. The molecule has 0 saturated carbocycles. The van der Waals surface area contributed by atoms with E-state index in [2.05, 4.69) is 22.1 Å². The highest BCUT2D eigenvalue weighted by molar-refractivity contribution is 7.99. The molecule has 0 aliphatic rings. The zero-order chi connectivity index (χ0) is 17.8. The van der Waals surface area contributed by atoms with Crippen molar-refractivity contribution in [3.05, 3.63) is 59.4 Å². The van der Waals surface area contributed by atoms with E-state index in [4.69, 9.17) is 5.11 Å². The van der Waals surface area contributed by atoms with Crippen LogP contribution in [0.5, 0.6) is 0 Å². The minimum absolute atomic E-state index is 0.0629. The molecule has 0 bridgehead atoms. The molecule has 0 atom stereocenters. The van der Waals surface area contributed by atoms with E-state index in [9.17, 15) is 9.59 Å². The molecule has 5 nitrogen and oxygen atoms in total. The SMILES string of the molecule is Cc1cc2[nH]c(C(=O)O)nc2cc1C(=O)CCCSc1ccccc1. The Morgan fingerprint density at radius 2 is 1.96 bits per heavy atom. The number of aromatic carboxylic acids is 1. The molecule has 0 aliphatic heterocycles. The van der Waals surface area contributed by atoms with E-state index < -0.39 is 5.97 Å². The molecule has 0 radical (unpaired) electrons. The highest BCUT2D eigenvalue weighted by Gasteiger charge is 2.14. The number of hydrogen-bond donors (Lipinski definition) is 2. The van der Waals surface area contributed by atoms with Gasteiger partial charge in [0.2, 0.25) is 5.82 Å². The van der Waals surface area contributed by atoms with Crippen molar-refractivity contribution in [1.29, 1.82) is 0 Å². The van der Waals surface area contributed by atoms with Crippen LogP contribution in [-0.2, 0) is 0 Å². The molecule has 0 fully saturated rings. The predicted octanol–water partition coefficient (Wildman–Crippen LogP) is 4.32. The minimum Gasteiger partial charge on any atom is -0.475 e. The topological polar surface area (TPSA) is 83.1 Å². The fourth-order valence-electron chi connectivity index (χ4n) is 2.64. The number of aromatic amines is 1. The number of benzene rings is 2. The van der Waals surface area contributed by atoms with E-state index in [0.717, 1.165) is 17.7 Å². The molecule has 6 heteroatoms. The highest BCUT2D eigenvalue weighted by atomic mass is 32.2. The van der Waals surface area contributed by atoms with Crippen LogP contribution in [0.1, 0.15) is 39.4 Å². The molecular weight excluding hydrogens is 336 g/mol. The van der Waals surface area contributed by atoms with Crippen molar-refractivity contribution in [2.75, 3.05) is 5.75 Å². The molecule has 0 amide bonds. The third kappa shape index (κ3) is 4.09. The van der Waals surface area contributed by atoms with Crippen LogP contribution in [-0.4, -0.2) is 32.6 Å². The fraction of sp³-hybridized carbons (Fsp3) is 0.211. The van der Waals surface area contributed by atoms with Crippen LogP contribution in [0.4, 0.5) is 0 Å². The Labute approximate surface area is 149 Å². The Kier molecular flexibility index (Phi) is 5.19. The van der Waals surface area contributed by atoms with Crippen LogP contribution in [0.25, 0.3) is 11.0 Å². The second kappa shape index (κ2) is 7.53. The number of fused-ring (bicyclic) bond motifs is 1. The normalized spacial score (nSPS) is 10.9. The maximum absolute atomic E-state index is 12.5. The quantitative estimate of drug-likeness (QED) is 0.375. The molecule has 128 valence electrons. The van der Waals surface area contributed by atoms with Gasteiger partial charge in [0.15, 0.2) is 5.78 Å². The highest BCUT2D eigenvalue weighted by Crippen LogP contribution is 2.22. The lowest BCUT2D eigenvalue weighted by atomic mass is 10.0. The Hall–Kier alpha value is -2.60. The van der Waals surface area contributed by atoms with E-state index in [1.807, 2.05) is 25.1 Å². The number of carbonyl (C=O) groups excluding carboxylic acids is 1. The Bertz CT molecular complexity index is 919. The van der Waals surface area contributed by atoms with E-state index in [0.29, 0.717) is 23.0 Å². The van der Waals surface area contributed by atoms with Gasteiger partial charge >= 0.3 is 5.97 Å². The van der Waals surface area contributed by atoms with Gasteiger partial charge in [-0.25, -0.2) is 9.78 Å². The first-order chi connectivity index (χ1) is 12.0. The number of ketones is 1. The monoisotopic (exact) mass is 354 g/mol. The van der Waals surface area contributed by atoms with Gasteiger partial charge in [0.05, 0.1) is 11.0 Å². The lowest BCUT2D eigenvalue weighted by molar-refractivity contribution is 0.0685. The van der Waals surface area contributed by atoms with Gasteiger partial charge in [-0.3, -0.25) is 4.79 Å². The smallest absolute Gasteiger partial charge is 0.371 e. The van der Waals surface area contributed by atoms with Crippen LogP contribution < -0.4 is 0 Å². The molecule has 2 aromatic carbocycles. The predicted molar refractivity (Wildman–Crippen MR) is 98.5 cm³/mol. The van der Waals surface area contributed by atoms with Crippen LogP contribution in [0.15, 0.2) is 47.4 Å². The summed E-state index contributed by atoms with van der Waals surface area (Å²) in [6, 6.07) is 13.6. The Morgan fingerprint density at radius 1 is 1.20 bits per heavy atom. The summed E-state index contributed by atoms with van der Waals surface area (Å²) in [5.74, 6) is -0.284. The lowest BCUT2D eigenvalue weighted by Crippen LogP contribution is -2.02. The van der Waals surface area contributed by atoms with E-state index >= 15 is 0 Å². The maximum Gasteiger partial charge on any atom is 0.371 e. The number of thioether (sulfide) groups is 1. The molecular formula is C19H18N2O3S. The summed E-state index contributed by atoms with van der Waals surface area (Å²) in [6.07, 6.45) is 1.25. The van der Waals surface area contributed by atoms with Crippen LogP contribution >= 0.6 is 11.8 Å². The first-order valence-corrected chi connectivity index (χ1v) is 8.98. The molecule has 3 rings (SSSR count). The molecule has 0 unspecified atom stereocenters. The number of H-pyrrole nitrogens is 1. The number of carboxylic acids is 1. The van der Waals surface area contributed by atoms with Gasteiger partial charge in [-0.2, -0.15) is 0 Å². The summed E-state index contributed by atoms with van der Waals surface area (Å²) in [7, 11) is 0. The third-order valence-electron chi connectivity index (χ3n) is 3.89. The average Bonchev–Trinajstić information content (AvgIpc) is 3.02. The van der Waals surface area contributed by atoms with Gasteiger partial charge in [-0.15, -0.1) is 11.8 Å². The standard InChI is InChI=1S/C19H18N2O3S/c1-12-10-15-16(21-18(20-15)19(23)24)11-14(12)17(22)8-5-9-25-13-6-3-2-4-7-13/h2-4,6-7,10-11H,5,8-9H2,1H3,(H,20,21)(H,23,24). The molecule has 0 spiro atoms. The number of carbonyl (C=O) groups is 2. The zero-order valence-electron chi connectivity index (χ0n) is 13.8. The maximum atomic E-state index is 12.5. The summed E-state index contributed by atoms with van der Waals surface area (Å²) in [5, 5.41) is 9.01. The van der Waals surface area contributed by atoms with Gasteiger partial charge < -0.3 is 10.1 Å². The first kappa shape index (κ1) is 17.2. The van der Waals surface area contributed by atoms with E-state index in [1.165, 1.54) is 4.90 Å². The number of aryl methyl sites for hydroxylation is 1. The Morgan fingerprint density at radius 3 is 2.68 bits per heavy atom. The van der Waals surface area contributed by atoms with Crippen molar-refractivity contribution < 1.29 is 14.7 Å². The minimum atomic E-state index is -1.11. The van der Waals surface area contributed by atoms with Crippen molar-refractivity contribution in [3.8, 4) is 0 Å². The molecule has 0 saturated heterocycles. The van der Waals surface area contributed by atoms with Crippen molar-refractivity contribution in [1.82, 2.24) is 9.97 Å². The second-order valence-corrected chi connectivity index (χ2v) is 6.93. The molecule has 1 aromatic heterocycles. The van der Waals surface area contributed by atoms with E-state index in [1.54, 1.807) is 23.9 Å². The summed E-state index contributed by atoms with van der Waals surface area (Å²) < 4.78 is 0. The summed E-state index contributed by atoms with van der Waals surface area (Å²) >= 11 is 1.74. The number of aromatic nitrogens is 2. The van der Waals surface area contributed by atoms with Gasteiger partial charge in [-0.1, -0.05) is 18.2 Å². The van der Waals surface area contributed by atoms with Crippen LogP contribution in [0.3, 0.4) is 0 Å². The van der Waals surface area contributed by atoms with Crippen molar-refractivity contribution in [3.63, 3.8) is 0 Å². The van der Waals surface area contributed by atoms with Crippen molar-refractivity contribution in [2.24, 2.45) is 0 Å².